The van der Waals surface area contributed by atoms with Crippen molar-refractivity contribution < 1.29 is 14.3 Å². The minimum absolute atomic E-state index is 0.0991. The molecule has 4 nitrogen and oxygen atoms in total. The van der Waals surface area contributed by atoms with Crippen LogP contribution in [0.15, 0.2) is 22.7 Å². The lowest BCUT2D eigenvalue weighted by Gasteiger charge is -2.08. The van der Waals surface area contributed by atoms with Crippen molar-refractivity contribution >= 4 is 21.9 Å². The smallest absolute Gasteiger partial charge is 0.339 e. The first-order valence-corrected chi connectivity index (χ1v) is 6.23. The Labute approximate surface area is 117 Å². The maximum Gasteiger partial charge on any atom is 0.339 e. The molecule has 0 unspecified atom stereocenters. The number of hydrogen-bond donors (Lipinski definition) is 1. The van der Waals surface area contributed by atoms with Crippen molar-refractivity contribution in [1.29, 1.82) is 0 Å². The number of carbonyl (C=O) groups is 1. The molecule has 0 amide bonds. The van der Waals surface area contributed by atoms with E-state index in [1.165, 1.54) is 12.1 Å². The van der Waals surface area contributed by atoms with Crippen LogP contribution in [-0.4, -0.2) is 21.0 Å². The van der Waals surface area contributed by atoms with Gasteiger partial charge in [0.1, 0.15) is 11.4 Å². The zero-order valence-corrected chi connectivity index (χ0v) is 11.8. The van der Waals surface area contributed by atoms with Gasteiger partial charge in [0.2, 0.25) is 0 Å². The van der Waals surface area contributed by atoms with Crippen LogP contribution in [0.1, 0.15) is 21.7 Å². The molecule has 19 heavy (non-hydrogen) atoms. The summed E-state index contributed by atoms with van der Waals surface area (Å²) in [4.78, 5) is 19.4. The SMILES string of the molecule is Cc1nc(-c2ccc(F)cc2Br)nc(C)c1C(=O)O. The Balaban J connectivity index is 2.61. The molecule has 1 N–H and O–H groups in total. The highest BCUT2D eigenvalue weighted by atomic mass is 79.9. The second kappa shape index (κ2) is 5.05. The van der Waals surface area contributed by atoms with Gasteiger partial charge in [0.15, 0.2) is 5.82 Å². The van der Waals surface area contributed by atoms with Gasteiger partial charge in [-0.15, -0.1) is 0 Å². The average molecular weight is 325 g/mol. The predicted octanol–water partition coefficient (Wildman–Crippen LogP) is 3.36. The first kappa shape index (κ1) is 13.6. The maximum atomic E-state index is 13.0. The van der Waals surface area contributed by atoms with Crippen LogP contribution in [0.25, 0.3) is 11.4 Å². The van der Waals surface area contributed by atoms with Crippen molar-refractivity contribution in [3.63, 3.8) is 0 Å². The fraction of sp³-hybridized carbons (Fsp3) is 0.154. The zero-order chi connectivity index (χ0) is 14.2. The van der Waals surface area contributed by atoms with Gasteiger partial charge < -0.3 is 5.11 Å². The summed E-state index contributed by atoms with van der Waals surface area (Å²) >= 11 is 3.24. The zero-order valence-electron chi connectivity index (χ0n) is 10.2. The lowest BCUT2D eigenvalue weighted by atomic mass is 10.1. The van der Waals surface area contributed by atoms with E-state index in [-0.39, 0.29) is 11.4 Å². The van der Waals surface area contributed by atoms with E-state index in [0.29, 0.717) is 27.2 Å². The van der Waals surface area contributed by atoms with E-state index < -0.39 is 5.97 Å². The van der Waals surface area contributed by atoms with Crippen LogP contribution in [0.4, 0.5) is 4.39 Å². The molecular weight excluding hydrogens is 315 g/mol. The summed E-state index contributed by atoms with van der Waals surface area (Å²) in [5.74, 6) is -1.06. The molecule has 0 aliphatic heterocycles. The molecule has 0 saturated carbocycles. The van der Waals surface area contributed by atoms with Crippen molar-refractivity contribution in [1.82, 2.24) is 9.97 Å². The molecule has 0 saturated heterocycles. The van der Waals surface area contributed by atoms with Crippen LogP contribution in [0.3, 0.4) is 0 Å². The van der Waals surface area contributed by atoms with E-state index >= 15 is 0 Å². The van der Waals surface area contributed by atoms with E-state index in [2.05, 4.69) is 25.9 Å². The van der Waals surface area contributed by atoms with Crippen LogP contribution in [0.2, 0.25) is 0 Å². The third kappa shape index (κ3) is 2.63. The third-order valence-electron chi connectivity index (χ3n) is 2.66. The molecule has 98 valence electrons. The van der Waals surface area contributed by atoms with Gasteiger partial charge in [0.05, 0.1) is 11.4 Å². The number of aryl methyl sites for hydroxylation is 2. The van der Waals surface area contributed by atoms with Gasteiger partial charge in [-0.25, -0.2) is 19.2 Å². The topological polar surface area (TPSA) is 63.1 Å². The quantitative estimate of drug-likeness (QED) is 0.920. The lowest BCUT2D eigenvalue weighted by Crippen LogP contribution is -2.08. The second-order valence-corrected chi connectivity index (χ2v) is 4.88. The highest BCUT2D eigenvalue weighted by Crippen LogP contribution is 2.27. The van der Waals surface area contributed by atoms with E-state index in [0.717, 1.165) is 0 Å². The number of aromatic nitrogens is 2. The normalized spacial score (nSPS) is 10.5. The third-order valence-corrected chi connectivity index (χ3v) is 3.31. The van der Waals surface area contributed by atoms with Gasteiger partial charge in [-0.05, 0) is 48.0 Å². The number of benzene rings is 1. The van der Waals surface area contributed by atoms with Crippen molar-refractivity contribution in [2.45, 2.75) is 13.8 Å². The molecule has 1 aromatic heterocycles. The molecule has 0 spiro atoms. The number of carboxylic acids is 1. The van der Waals surface area contributed by atoms with Gasteiger partial charge in [-0.3, -0.25) is 0 Å². The fourth-order valence-electron chi connectivity index (χ4n) is 1.82. The van der Waals surface area contributed by atoms with Crippen LogP contribution in [-0.2, 0) is 0 Å². The van der Waals surface area contributed by atoms with E-state index in [9.17, 15) is 9.18 Å². The Bertz CT molecular complexity index is 651. The molecule has 6 heteroatoms. The number of hydrogen-bond acceptors (Lipinski definition) is 3. The Hall–Kier alpha value is -1.82. The van der Waals surface area contributed by atoms with Gasteiger partial charge in [0.25, 0.3) is 0 Å². The van der Waals surface area contributed by atoms with Crippen LogP contribution < -0.4 is 0 Å². The summed E-state index contributed by atoms with van der Waals surface area (Å²) in [6.45, 7) is 3.22. The summed E-state index contributed by atoms with van der Waals surface area (Å²) < 4.78 is 13.6. The van der Waals surface area contributed by atoms with Crippen LogP contribution in [0.5, 0.6) is 0 Å². The largest absolute Gasteiger partial charge is 0.478 e. The molecule has 2 aromatic rings. The molecule has 0 bridgehead atoms. The molecule has 1 heterocycles. The van der Waals surface area contributed by atoms with Crippen molar-refractivity contribution in [2.75, 3.05) is 0 Å². The van der Waals surface area contributed by atoms with Gasteiger partial charge in [0, 0.05) is 10.0 Å². The summed E-state index contributed by atoms with van der Waals surface area (Å²) in [6, 6.07) is 4.17. The Morgan fingerprint density at radius 2 is 1.84 bits per heavy atom. The highest BCUT2D eigenvalue weighted by molar-refractivity contribution is 9.10. The summed E-state index contributed by atoms with van der Waals surface area (Å²) in [5.41, 5.74) is 1.48. The summed E-state index contributed by atoms with van der Waals surface area (Å²) in [6.07, 6.45) is 0. The number of rotatable bonds is 2. The Kier molecular flexibility index (Phi) is 3.61. The van der Waals surface area contributed by atoms with E-state index in [1.807, 2.05) is 0 Å². The summed E-state index contributed by atoms with van der Waals surface area (Å²) in [5, 5.41) is 9.06. The first-order chi connectivity index (χ1) is 8.90. The van der Waals surface area contributed by atoms with Gasteiger partial charge in [-0.2, -0.15) is 0 Å². The number of aromatic carboxylic acids is 1. The average Bonchev–Trinajstić information content (AvgIpc) is 2.26. The van der Waals surface area contributed by atoms with Crippen molar-refractivity contribution in [3.8, 4) is 11.4 Å². The first-order valence-electron chi connectivity index (χ1n) is 5.44. The Morgan fingerprint density at radius 3 is 2.32 bits per heavy atom. The number of carboxylic acid groups (broad SMARTS) is 1. The maximum absolute atomic E-state index is 13.0. The number of nitrogens with zero attached hydrogens (tertiary/aromatic N) is 2. The Morgan fingerprint density at radius 1 is 1.26 bits per heavy atom. The van der Waals surface area contributed by atoms with Crippen LogP contribution >= 0.6 is 15.9 Å². The molecule has 2 rings (SSSR count). The van der Waals surface area contributed by atoms with Crippen LogP contribution in [0, 0.1) is 19.7 Å². The molecule has 0 radical (unpaired) electrons. The monoisotopic (exact) mass is 324 g/mol. The van der Waals surface area contributed by atoms with E-state index in [4.69, 9.17) is 5.11 Å². The molecule has 0 aliphatic carbocycles. The number of halogens is 2. The molecular formula is C13H10BrFN2O2. The molecule has 0 aliphatic rings. The van der Waals surface area contributed by atoms with Gasteiger partial charge in [-0.1, -0.05) is 0 Å². The second-order valence-electron chi connectivity index (χ2n) is 4.02. The molecule has 0 atom stereocenters. The fourth-order valence-corrected chi connectivity index (χ4v) is 2.35. The highest BCUT2D eigenvalue weighted by Gasteiger charge is 2.16. The summed E-state index contributed by atoms with van der Waals surface area (Å²) in [7, 11) is 0. The standard InChI is InChI=1S/C13H10BrFN2O2/c1-6-11(13(18)19)7(2)17-12(16-6)9-4-3-8(15)5-10(9)14/h3-5H,1-2H3,(H,18,19). The van der Waals surface area contributed by atoms with E-state index in [1.54, 1.807) is 19.9 Å². The molecule has 0 fully saturated rings. The van der Waals surface area contributed by atoms with Crippen molar-refractivity contribution in [3.05, 3.63) is 45.4 Å². The lowest BCUT2D eigenvalue weighted by molar-refractivity contribution is 0.0694. The minimum Gasteiger partial charge on any atom is -0.478 e. The van der Waals surface area contributed by atoms with Gasteiger partial charge >= 0.3 is 5.97 Å². The van der Waals surface area contributed by atoms with Crippen molar-refractivity contribution in [2.24, 2.45) is 0 Å². The minimum atomic E-state index is -1.06. The molecule has 1 aromatic carbocycles. The predicted molar refractivity (Wildman–Crippen MR) is 71.6 cm³/mol.